The predicted octanol–water partition coefficient (Wildman–Crippen LogP) is 3.12. The van der Waals surface area contributed by atoms with E-state index >= 15 is 0 Å². The monoisotopic (exact) mass is 232 g/mol. The number of carbonyl (C=O) groups is 1. The lowest BCUT2D eigenvalue weighted by atomic mass is 10.1. The number of nitrogens with zero attached hydrogens (tertiary/aromatic N) is 1. The van der Waals surface area contributed by atoms with Crippen LogP contribution in [0.1, 0.15) is 26.2 Å². The normalized spacial score (nSPS) is 12.6. The lowest BCUT2D eigenvalue weighted by Gasteiger charge is -2.09. The molecule has 1 aromatic heterocycles. The Morgan fingerprint density at radius 1 is 1.53 bits per heavy atom. The van der Waals surface area contributed by atoms with Gasteiger partial charge < -0.3 is 9.73 Å². The van der Waals surface area contributed by atoms with Crippen LogP contribution in [0.4, 0.5) is 5.69 Å². The number of amides is 1. The summed E-state index contributed by atoms with van der Waals surface area (Å²) in [5, 5.41) is 2.87. The molecule has 2 aromatic rings. The van der Waals surface area contributed by atoms with E-state index in [0.29, 0.717) is 11.5 Å². The first-order valence-electron chi connectivity index (χ1n) is 5.78. The highest BCUT2D eigenvalue weighted by Gasteiger charge is 2.11. The van der Waals surface area contributed by atoms with Crippen molar-refractivity contribution in [3.8, 4) is 0 Å². The van der Waals surface area contributed by atoms with Gasteiger partial charge in [-0.2, -0.15) is 0 Å². The third-order valence-corrected chi connectivity index (χ3v) is 2.82. The summed E-state index contributed by atoms with van der Waals surface area (Å²) in [5.41, 5.74) is 2.26. The van der Waals surface area contributed by atoms with E-state index in [9.17, 15) is 4.79 Å². The molecule has 1 heterocycles. The van der Waals surface area contributed by atoms with Crippen LogP contribution in [0.5, 0.6) is 0 Å². The highest BCUT2D eigenvalue weighted by atomic mass is 16.3. The van der Waals surface area contributed by atoms with Crippen LogP contribution in [-0.4, -0.2) is 10.9 Å². The summed E-state index contributed by atoms with van der Waals surface area (Å²) in [4.78, 5) is 15.9. The van der Waals surface area contributed by atoms with Crippen molar-refractivity contribution in [3.63, 3.8) is 0 Å². The molecule has 0 saturated carbocycles. The van der Waals surface area contributed by atoms with Crippen LogP contribution >= 0.6 is 0 Å². The van der Waals surface area contributed by atoms with E-state index < -0.39 is 0 Å². The second-order valence-electron chi connectivity index (χ2n) is 4.21. The minimum absolute atomic E-state index is 0.0159. The number of rotatable bonds is 3. The zero-order valence-electron chi connectivity index (χ0n) is 10.3. The molecule has 0 unspecified atom stereocenters. The number of benzene rings is 1. The van der Waals surface area contributed by atoms with Crippen molar-refractivity contribution in [2.45, 2.75) is 27.2 Å². The predicted molar refractivity (Wildman–Crippen MR) is 66.8 cm³/mol. The minimum Gasteiger partial charge on any atom is -0.441 e. The average Bonchev–Trinajstić information content (AvgIpc) is 2.67. The summed E-state index contributed by atoms with van der Waals surface area (Å²) in [5.74, 6) is 0.677. The maximum Gasteiger partial charge on any atom is 0.227 e. The van der Waals surface area contributed by atoms with Crippen LogP contribution in [0.25, 0.3) is 11.1 Å². The zero-order valence-corrected chi connectivity index (χ0v) is 10.3. The van der Waals surface area contributed by atoms with E-state index in [2.05, 4.69) is 10.3 Å². The molecule has 4 heteroatoms. The number of carbonyl (C=O) groups excluding carboxylic acids is 1. The van der Waals surface area contributed by atoms with E-state index in [0.717, 1.165) is 17.6 Å². The molecule has 0 radical (unpaired) electrons. The Hall–Kier alpha value is -1.84. The first-order chi connectivity index (χ1) is 8.10. The molecule has 90 valence electrons. The molecule has 17 heavy (non-hydrogen) atoms. The number of anilines is 1. The first-order valence-corrected chi connectivity index (χ1v) is 5.78. The van der Waals surface area contributed by atoms with Gasteiger partial charge in [0.2, 0.25) is 5.91 Å². The molecule has 0 aliphatic heterocycles. The van der Waals surface area contributed by atoms with Gasteiger partial charge in [0.15, 0.2) is 11.5 Å². The number of fused-ring (bicyclic) bond motifs is 1. The fraction of sp³-hybridized carbons (Fsp3) is 0.385. The number of hydrogen-bond donors (Lipinski definition) is 1. The van der Waals surface area contributed by atoms with E-state index in [1.54, 1.807) is 13.0 Å². The Labute approximate surface area is 100 Å². The number of hydrogen-bond acceptors (Lipinski definition) is 3. The lowest BCUT2D eigenvalue weighted by molar-refractivity contribution is -0.119. The third-order valence-electron chi connectivity index (χ3n) is 2.82. The van der Waals surface area contributed by atoms with E-state index in [1.807, 2.05) is 26.0 Å². The summed E-state index contributed by atoms with van der Waals surface area (Å²) < 4.78 is 5.41. The minimum atomic E-state index is 0.0159. The van der Waals surface area contributed by atoms with Crippen LogP contribution in [0.3, 0.4) is 0 Å². The van der Waals surface area contributed by atoms with Crippen molar-refractivity contribution >= 4 is 22.7 Å². The number of oxazole rings is 1. The van der Waals surface area contributed by atoms with Crippen molar-refractivity contribution < 1.29 is 9.21 Å². The van der Waals surface area contributed by atoms with Gasteiger partial charge >= 0.3 is 0 Å². The Bertz CT molecular complexity index is 545. The molecule has 0 saturated heterocycles. The molecule has 0 fully saturated rings. The molecule has 4 nitrogen and oxygen atoms in total. The molecule has 0 aliphatic rings. The van der Waals surface area contributed by atoms with Crippen molar-refractivity contribution in [2.75, 3.05) is 5.32 Å². The second-order valence-corrected chi connectivity index (χ2v) is 4.21. The molecular formula is C13H16N2O2. The topological polar surface area (TPSA) is 55.1 Å². The van der Waals surface area contributed by atoms with Crippen molar-refractivity contribution in [2.24, 2.45) is 5.92 Å². The maximum absolute atomic E-state index is 11.7. The van der Waals surface area contributed by atoms with Crippen LogP contribution in [0.2, 0.25) is 0 Å². The fourth-order valence-corrected chi connectivity index (χ4v) is 1.57. The standard InChI is InChI=1S/C13H16N2O2/c1-4-8(2)13(16)15-10-5-6-11-12(7-10)17-9(3)14-11/h5-8H,4H2,1-3H3,(H,15,16)/t8-/m0/s1. The average molecular weight is 232 g/mol. The van der Waals surface area contributed by atoms with Gasteiger partial charge in [-0.1, -0.05) is 13.8 Å². The fourth-order valence-electron chi connectivity index (χ4n) is 1.57. The quantitative estimate of drug-likeness (QED) is 0.884. The molecule has 1 atom stereocenters. The third kappa shape index (κ3) is 2.46. The van der Waals surface area contributed by atoms with Crippen molar-refractivity contribution in [1.82, 2.24) is 4.98 Å². The summed E-state index contributed by atoms with van der Waals surface area (Å²) in [6.45, 7) is 5.71. The number of aromatic nitrogens is 1. The SMILES string of the molecule is CC[C@H](C)C(=O)Nc1ccc2nc(C)oc2c1. The molecule has 0 spiro atoms. The van der Waals surface area contributed by atoms with E-state index in [4.69, 9.17) is 4.42 Å². The zero-order chi connectivity index (χ0) is 12.4. The summed E-state index contributed by atoms with van der Waals surface area (Å²) >= 11 is 0. The van der Waals surface area contributed by atoms with Gasteiger partial charge in [0.05, 0.1) is 0 Å². The van der Waals surface area contributed by atoms with E-state index in [1.165, 1.54) is 0 Å². The molecule has 2 rings (SSSR count). The van der Waals surface area contributed by atoms with Gasteiger partial charge in [-0.15, -0.1) is 0 Å². The Morgan fingerprint density at radius 2 is 2.29 bits per heavy atom. The van der Waals surface area contributed by atoms with Crippen LogP contribution in [0, 0.1) is 12.8 Å². The summed E-state index contributed by atoms with van der Waals surface area (Å²) in [6, 6.07) is 5.48. The van der Waals surface area contributed by atoms with Crippen LogP contribution < -0.4 is 5.32 Å². The van der Waals surface area contributed by atoms with Crippen LogP contribution in [0.15, 0.2) is 22.6 Å². The number of aryl methyl sites for hydroxylation is 1. The summed E-state index contributed by atoms with van der Waals surface area (Å²) in [6.07, 6.45) is 0.829. The smallest absolute Gasteiger partial charge is 0.227 e. The number of nitrogens with one attached hydrogen (secondary N) is 1. The Kier molecular flexibility index (Phi) is 3.13. The summed E-state index contributed by atoms with van der Waals surface area (Å²) in [7, 11) is 0. The Morgan fingerprint density at radius 3 is 3.00 bits per heavy atom. The molecule has 0 aliphatic carbocycles. The van der Waals surface area contributed by atoms with Gasteiger partial charge in [-0.3, -0.25) is 4.79 Å². The van der Waals surface area contributed by atoms with Gasteiger partial charge in [-0.05, 0) is 18.6 Å². The largest absolute Gasteiger partial charge is 0.441 e. The Balaban J connectivity index is 2.22. The van der Waals surface area contributed by atoms with Crippen LogP contribution in [-0.2, 0) is 4.79 Å². The van der Waals surface area contributed by atoms with Gasteiger partial charge in [0.1, 0.15) is 5.52 Å². The second kappa shape index (κ2) is 4.57. The van der Waals surface area contributed by atoms with Gasteiger partial charge in [-0.25, -0.2) is 4.98 Å². The van der Waals surface area contributed by atoms with Crippen molar-refractivity contribution in [3.05, 3.63) is 24.1 Å². The first kappa shape index (κ1) is 11.6. The molecule has 1 aromatic carbocycles. The molecule has 0 bridgehead atoms. The molecule has 1 N–H and O–H groups in total. The van der Waals surface area contributed by atoms with Gasteiger partial charge in [0.25, 0.3) is 0 Å². The highest BCUT2D eigenvalue weighted by molar-refractivity contribution is 5.94. The molecule has 1 amide bonds. The van der Waals surface area contributed by atoms with Crippen molar-refractivity contribution in [1.29, 1.82) is 0 Å². The van der Waals surface area contributed by atoms with Gasteiger partial charge in [0, 0.05) is 24.6 Å². The maximum atomic E-state index is 11.7. The highest BCUT2D eigenvalue weighted by Crippen LogP contribution is 2.20. The molecular weight excluding hydrogens is 216 g/mol. The van der Waals surface area contributed by atoms with E-state index in [-0.39, 0.29) is 11.8 Å². The lowest BCUT2D eigenvalue weighted by Crippen LogP contribution is -2.19.